The van der Waals surface area contributed by atoms with Crippen molar-refractivity contribution in [2.75, 3.05) is 0 Å². The smallest absolute Gasteiger partial charge is 0.167 e. The van der Waals surface area contributed by atoms with E-state index in [1.165, 1.54) is 10.8 Å². The fraction of sp³-hybridized carbons (Fsp3) is 0. The Morgan fingerprint density at radius 1 is 0.356 bits per heavy atom. The molecule has 9 aromatic rings. The number of benzene rings is 7. The molecule has 0 spiro atoms. The van der Waals surface area contributed by atoms with Gasteiger partial charge >= 0.3 is 0 Å². The lowest BCUT2D eigenvalue weighted by molar-refractivity contribution is 0.670. The first kappa shape index (κ1) is 25.4. The van der Waals surface area contributed by atoms with Gasteiger partial charge in [-0.15, -0.1) is 0 Å². The van der Waals surface area contributed by atoms with Crippen molar-refractivity contribution < 1.29 is 4.42 Å². The van der Waals surface area contributed by atoms with Gasteiger partial charge < -0.3 is 4.42 Å². The average molecular weight is 576 g/mol. The molecule has 9 rings (SSSR count). The van der Waals surface area contributed by atoms with Crippen molar-refractivity contribution in [3.05, 3.63) is 152 Å². The molecular weight excluding hydrogens is 550 g/mol. The van der Waals surface area contributed by atoms with Crippen molar-refractivity contribution in [2.45, 2.75) is 0 Å². The van der Waals surface area contributed by atoms with Crippen molar-refractivity contribution in [3.63, 3.8) is 0 Å². The first-order chi connectivity index (χ1) is 22.3. The van der Waals surface area contributed by atoms with Gasteiger partial charge in [-0.05, 0) is 63.0 Å². The van der Waals surface area contributed by atoms with Gasteiger partial charge in [0.2, 0.25) is 0 Å². The van der Waals surface area contributed by atoms with Gasteiger partial charge in [0.15, 0.2) is 17.5 Å². The fourth-order valence-corrected chi connectivity index (χ4v) is 6.21. The van der Waals surface area contributed by atoms with Crippen molar-refractivity contribution in [2.24, 2.45) is 0 Å². The van der Waals surface area contributed by atoms with Gasteiger partial charge in [0.1, 0.15) is 11.2 Å². The summed E-state index contributed by atoms with van der Waals surface area (Å²) in [6, 6.07) is 52.3. The van der Waals surface area contributed by atoms with E-state index >= 15 is 0 Å². The number of aromatic nitrogens is 3. The molecule has 0 saturated heterocycles. The topological polar surface area (TPSA) is 51.8 Å². The molecule has 2 heterocycles. The third-order valence-corrected chi connectivity index (χ3v) is 8.48. The van der Waals surface area contributed by atoms with Crippen molar-refractivity contribution in [3.8, 4) is 45.3 Å². The average Bonchev–Trinajstić information content (AvgIpc) is 3.48. The van der Waals surface area contributed by atoms with E-state index in [1.54, 1.807) is 0 Å². The van der Waals surface area contributed by atoms with E-state index in [1.807, 2.05) is 12.1 Å². The third kappa shape index (κ3) is 4.43. The Bertz CT molecular complexity index is 2550. The van der Waals surface area contributed by atoms with E-state index in [0.29, 0.717) is 17.5 Å². The fourth-order valence-electron chi connectivity index (χ4n) is 6.21. The molecular formula is C41H25N3O. The Morgan fingerprint density at radius 2 is 0.956 bits per heavy atom. The van der Waals surface area contributed by atoms with Crippen LogP contribution in [0.4, 0.5) is 0 Å². The number of nitrogens with zero attached hydrogens (tertiary/aromatic N) is 3. The first-order valence-corrected chi connectivity index (χ1v) is 15.0. The summed E-state index contributed by atoms with van der Waals surface area (Å²) in [7, 11) is 0. The van der Waals surface area contributed by atoms with Gasteiger partial charge in [-0.25, -0.2) is 15.0 Å². The lowest BCUT2D eigenvalue weighted by Gasteiger charge is -2.10. The molecule has 0 amide bonds. The van der Waals surface area contributed by atoms with Crippen molar-refractivity contribution in [1.82, 2.24) is 15.0 Å². The van der Waals surface area contributed by atoms with Crippen LogP contribution in [0, 0.1) is 0 Å². The van der Waals surface area contributed by atoms with Crippen LogP contribution in [-0.2, 0) is 0 Å². The van der Waals surface area contributed by atoms with Crippen LogP contribution in [0.15, 0.2) is 156 Å². The van der Waals surface area contributed by atoms with E-state index in [2.05, 4.69) is 140 Å². The number of rotatable bonds is 4. The van der Waals surface area contributed by atoms with Crippen LogP contribution in [0.25, 0.3) is 88.8 Å². The van der Waals surface area contributed by atoms with Gasteiger partial charge in [-0.2, -0.15) is 0 Å². The van der Waals surface area contributed by atoms with E-state index in [0.717, 1.165) is 60.5 Å². The second-order valence-electron chi connectivity index (χ2n) is 11.3. The molecule has 0 aliphatic carbocycles. The minimum atomic E-state index is 0.572. The van der Waals surface area contributed by atoms with Gasteiger partial charge in [-0.1, -0.05) is 121 Å². The van der Waals surface area contributed by atoms with Crippen LogP contribution in [0.2, 0.25) is 0 Å². The summed E-state index contributed by atoms with van der Waals surface area (Å²) in [5, 5.41) is 6.74. The maximum Gasteiger partial charge on any atom is 0.167 e. The number of hydrogen-bond donors (Lipinski definition) is 0. The summed E-state index contributed by atoms with van der Waals surface area (Å²) < 4.78 is 6.57. The predicted molar refractivity (Wildman–Crippen MR) is 184 cm³/mol. The lowest BCUT2D eigenvalue weighted by atomic mass is 10.0. The second-order valence-corrected chi connectivity index (χ2v) is 11.3. The summed E-state index contributed by atoms with van der Waals surface area (Å²) in [6.45, 7) is 0. The highest BCUT2D eigenvalue weighted by Crippen LogP contribution is 2.38. The summed E-state index contributed by atoms with van der Waals surface area (Å²) in [6.07, 6.45) is 0. The summed E-state index contributed by atoms with van der Waals surface area (Å²) >= 11 is 0. The monoisotopic (exact) mass is 575 g/mol. The highest BCUT2D eigenvalue weighted by atomic mass is 16.3. The maximum absolute atomic E-state index is 6.57. The number of furan rings is 1. The Balaban J connectivity index is 1.28. The van der Waals surface area contributed by atoms with Gasteiger partial charge in [0.05, 0.1) is 5.56 Å². The van der Waals surface area contributed by atoms with Gasteiger partial charge in [-0.3, -0.25) is 0 Å². The summed E-state index contributed by atoms with van der Waals surface area (Å²) in [5.41, 5.74) is 6.54. The number of fused-ring (bicyclic) bond motifs is 5. The van der Waals surface area contributed by atoms with Crippen molar-refractivity contribution >= 4 is 43.5 Å². The van der Waals surface area contributed by atoms with Crippen LogP contribution in [-0.4, -0.2) is 15.0 Å². The largest absolute Gasteiger partial charge is 0.455 e. The predicted octanol–water partition coefficient (Wildman–Crippen LogP) is 10.7. The van der Waals surface area contributed by atoms with E-state index < -0.39 is 0 Å². The Labute approximate surface area is 259 Å². The van der Waals surface area contributed by atoms with Crippen LogP contribution in [0.5, 0.6) is 0 Å². The van der Waals surface area contributed by atoms with Crippen molar-refractivity contribution in [1.29, 1.82) is 0 Å². The SMILES string of the molecule is c1ccc(-c2cccc(-c3nc(-c4ccc5ccccc5c4)nc(-c4cccc5c4oc4cc6ccccc6cc45)n3)c2)cc1. The minimum Gasteiger partial charge on any atom is -0.455 e. The Morgan fingerprint density at radius 3 is 1.76 bits per heavy atom. The molecule has 45 heavy (non-hydrogen) atoms. The molecule has 4 heteroatoms. The molecule has 0 radical (unpaired) electrons. The molecule has 7 aromatic carbocycles. The molecule has 0 aliphatic heterocycles. The minimum absolute atomic E-state index is 0.572. The van der Waals surface area contributed by atoms with Crippen LogP contribution >= 0.6 is 0 Å². The standard InChI is InChI=1S/C41H25N3O/c1-2-10-26(11-3-1)29-16-8-17-32(22-29)39-42-40(33-21-20-27-12-4-5-13-28(27)23-33)44-41(43-39)35-19-9-18-34-36-24-30-14-6-7-15-31(30)25-37(36)45-38(34)35/h1-25H. The molecule has 0 saturated carbocycles. The Kier molecular flexibility index (Phi) is 5.78. The van der Waals surface area contributed by atoms with E-state index in [4.69, 9.17) is 19.4 Å². The highest BCUT2D eigenvalue weighted by molar-refractivity contribution is 6.13. The van der Waals surface area contributed by atoms with E-state index in [9.17, 15) is 0 Å². The molecule has 2 aromatic heterocycles. The first-order valence-electron chi connectivity index (χ1n) is 15.0. The molecule has 0 bridgehead atoms. The molecule has 0 aliphatic rings. The molecule has 0 fully saturated rings. The third-order valence-electron chi connectivity index (χ3n) is 8.48. The van der Waals surface area contributed by atoms with Crippen LogP contribution in [0.3, 0.4) is 0 Å². The molecule has 4 nitrogen and oxygen atoms in total. The van der Waals surface area contributed by atoms with E-state index in [-0.39, 0.29) is 0 Å². The lowest BCUT2D eigenvalue weighted by Crippen LogP contribution is -2.00. The number of para-hydroxylation sites is 1. The quantitative estimate of drug-likeness (QED) is 0.209. The molecule has 0 unspecified atom stereocenters. The Hall–Kier alpha value is -6.13. The zero-order valence-electron chi connectivity index (χ0n) is 24.2. The molecule has 210 valence electrons. The second kappa shape index (κ2) is 10.2. The molecule has 0 atom stereocenters. The summed E-state index contributed by atoms with van der Waals surface area (Å²) in [4.78, 5) is 15.2. The normalized spacial score (nSPS) is 11.6. The van der Waals surface area contributed by atoms with Gasteiger partial charge in [0, 0.05) is 21.9 Å². The van der Waals surface area contributed by atoms with Crippen LogP contribution in [0.1, 0.15) is 0 Å². The highest BCUT2D eigenvalue weighted by Gasteiger charge is 2.18. The maximum atomic E-state index is 6.57. The van der Waals surface area contributed by atoms with Crippen LogP contribution < -0.4 is 0 Å². The zero-order valence-corrected chi connectivity index (χ0v) is 24.2. The zero-order chi connectivity index (χ0) is 29.7. The number of hydrogen-bond acceptors (Lipinski definition) is 4. The molecule has 0 N–H and O–H groups in total. The van der Waals surface area contributed by atoms with Gasteiger partial charge in [0.25, 0.3) is 0 Å². The summed E-state index contributed by atoms with van der Waals surface area (Å²) in [5.74, 6) is 1.80.